The molecule has 14 heavy (non-hydrogen) atoms. The van der Waals surface area contributed by atoms with E-state index in [9.17, 15) is 9.18 Å². The number of aldehydes is 1. The molecule has 1 aromatic rings. The number of nitrogens with two attached hydrogens (primary N) is 1. The minimum atomic E-state index is -0.330. The molecule has 0 aliphatic heterocycles. The van der Waals surface area contributed by atoms with Gasteiger partial charge in [-0.1, -0.05) is 6.07 Å². The molecule has 0 atom stereocenters. The summed E-state index contributed by atoms with van der Waals surface area (Å²) in [4.78, 5) is 10.7. The van der Waals surface area contributed by atoms with Crippen molar-refractivity contribution in [2.45, 2.75) is 19.8 Å². The number of carbonyl (C=O) groups excluding carboxylic acids is 1. The fourth-order valence-electron chi connectivity index (χ4n) is 1.38. The van der Waals surface area contributed by atoms with Crippen LogP contribution in [0.5, 0.6) is 0 Å². The van der Waals surface area contributed by atoms with Gasteiger partial charge in [0.25, 0.3) is 0 Å². The van der Waals surface area contributed by atoms with Crippen molar-refractivity contribution in [2.75, 3.05) is 6.54 Å². The molecule has 1 rings (SSSR count). The molecule has 2 nitrogen and oxygen atoms in total. The number of aryl methyl sites for hydroxylation is 2. The summed E-state index contributed by atoms with van der Waals surface area (Å²) in [5.74, 6) is -0.330. The number of rotatable bonds is 4. The fraction of sp³-hybridized carbons (Fsp3) is 0.364. The molecule has 0 aliphatic carbocycles. The maximum atomic E-state index is 13.1. The van der Waals surface area contributed by atoms with E-state index in [1.807, 2.05) is 0 Å². The summed E-state index contributed by atoms with van der Waals surface area (Å²) in [6, 6.07) is 3.00. The van der Waals surface area contributed by atoms with Gasteiger partial charge >= 0.3 is 0 Å². The van der Waals surface area contributed by atoms with Crippen LogP contribution in [0.25, 0.3) is 0 Å². The lowest BCUT2D eigenvalue weighted by molar-refractivity contribution is 0.112. The lowest BCUT2D eigenvalue weighted by Crippen LogP contribution is -2.03. The Morgan fingerprint density at radius 3 is 2.79 bits per heavy atom. The first-order valence-corrected chi connectivity index (χ1v) is 4.63. The van der Waals surface area contributed by atoms with E-state index in [0.29, 0.717) is 24.0 Å². The topological polar surface area (TPSA) is 43.1 Å². The first-order chi connectivity index (χ1) is 6.69. The van der Waals surface area contributed by atoms with E-state index in [-0.39, 0.29) is 5.82 Å². The molecule has 0 heterocycles. The summed E-state index contributed by atoms with van der Waals surface area (Å²) in [7, 11) is 0. The molecule has 3 heteroatoms. The van der Waals surface area contributed by atoms with Crippen LogP contribution in [-0.2, 0) is 6.42 Å². The third-order valence-corrected chi connectivity index (χ3v) is 2.20. The largest absolute Gasteiger partial charge is 0.330 e. The van der Waals surface area contributed by atoms with E-state index in [0.717, 1.165) is 18.4 Å². The molecule has 0 saturated carbocycles. The molecule has 0 bridgehead atoms. The molecule has 0 amide bonds. The van der Waals surface area contributed by atoms with Crippen molar-refractivity contribution in [1.29, 1.82) is 0 Å². The molecule has 0 saturated heterocycles. The highest BCUT2D eigenvalue weighted by atomic mass is 19.1. The summed E-state index contributed by atoms with van der Waals surface area (Å²) in [6.07, 6.45) is 2.23. The Labute approximate surface area is 82.9 Å². The minimum Gasteiger partial charge on any atom is -0.330 e. The second kappa shape index (κ2) is 4.86. The lowest BCUT2D eigenvalue weighted by Gasteiger charge is -2.06. The van der Waals surface area contributed by atoms with Crippen LogP contribution in [0.2, 0.25) is 0 Å². The van der Waals surface area contributed by atoms with Crippen molar-refractivity contribution >= 4 is 6.29 Å². The number of carbonyl (C=O) groups is 1. The van der Waals surface area contributed by atoms with Gasteiger partial charge in [-0.15, -0.1) is 0 Å². The SMILES string of the molecule is Cc1cc(CCCN)c(C=O)cc1F. The van der Waals surface area contributed by atoms with E-state index in [4.69, 9.17) is 5.73 Å². The summed E-state index contributed by atoms with van der Waals surface area (Å²) < 4.78 is 13.1. The molecule has 0 aliphatic rings. The van der Waals surface area contributed by atoms with Gasteiger partial charge in [0.1, 0.15) is 12.1 Å². The fourth-order valence-corrected chi connectivity index (χ4v) is 1.38. The molecule has 0 spiro atoms. The van der Waals surface area contributed by atoms with Gasteiger partial charge in [-0.25, -0.2) is 4.39 Å². The Bertz CT molecular complexity index is 336. The zero-order chi connectivity index (χ0) is 10.6. The number of hydrogen-bond acceptors (Lipinski definition) is 2. The molecule has 0 fully saturated rings. The highest BCUT2D eigenvalue weighted by Crippen LogP contribution is 2.15. The van der Waals surface area contributed by atoms with Crippen molar-refractivity contribution in [1.82, 2.24) is 0 Å². The summed E-state index contributed by atoms with van der Waals surface area (Å²) >= 11 is 0. The Balaban J connectivity index is 3.00. The van der Waals surface area contributed by atoms with Crippen LogP contribution in [-0.4, -0.2) is 12.8 Å². The lowest BCUT2D eigenvalue weighted by atomic mass is 10.0. The summed E-state index contributed by atoms with van der Waals surface area (Å²) in [5, 5.41) is 0. The quantitative estimate of drug-likeness (QED) is 0.745. The van der Waals surface area contributed by atoms with Gasteiger partial charge in [0.15, 0.2) is 0 Å². The van der Waals surface area contributed by atoms with E-state index >= 15 is 0 Å². The molecule has 0 unspecified atom stereocenters. The normalized spacial score (nSPS) is 10.2. The van der Waals surface area contributed by atoms with Gasteiger partial charge in [-0.3, -0.25) is 4.79 Å². The van der Waals surface area contributed by atoms with Crippen molar-refractivity contribution < 1.29 is 9.18 Å². The highest BCUT2D eigenvalue weighted by Gasteiger charge is 2.06. The monoisotopic (exact) mass is 195 g/mol. The smallest absolute Gasteiger partial charge is 0.150 e. The zero-order valence-corrected chi connectivity index (χ0v) is 8.22. The first-order valence-electron chi connectivity index (χ1n) is 4.63. The van der Waals surface area contributed by atoms with Gasteiger partial charge < -0.3 is 5.73 Å². The van der Waals surface area contributed by atoms with E-state index in [1.165, 1.54) is 6.07 Å². The number of benzene rings is 1. The van der Waals surface area contributed by atoms with Crippen LogP contribution >= 0.6 is 0 Å². The molecular weight excluding hydrogens is 181 g/mol. The second-order valence-electron chi connectivity index (χ2n) is 3.31. The molecule has 1 aromatic carbocycles. The van der Waals surface area contributed by atoms with Gasteiger partial charge in [0.05, 0.1) is 0 Å². The van der Waals surface area contributed by atoms with Crippen molar-refractivity contribution in [2.24, 2.45) is 5.73 Å². The van der Waals surface area contributed by atoms with Crippen LogP contribution in [0, 0.1) is 12.7 Å². The predicted molar refractivity (Wildman–Crippen MR) is 53.9 cm³/mol. The maximum Gasteiger partial charge on any atom is 0.150 e. The predicted octanol–water partition coefficient (Wildman–Crippen LogP) is 1.84. The van der Waals surface area contributed by atoms with Crippen LogP contribution in [0.4, 0.5) is 4.39 Å². The average Bonchev–Trinajstić information content (AvgIpc) is 2.19. The van der Waals surface area contributed by atoms with Gasteiger partial charge in [0.2, 0.25) is 0 Å². The first kappa shape index (κ1) is 10.9. The van der Waals surface area contributed by atoms with Gasteiger partial charge in [-0.05, 0) is 43.5 Å². The standard InChI is InChI=1S/C11H14FNO/c1-8-5-9(3-2-4-13)10(7-14)6-11(8)12/h5-7H,2-4,13H2,1H3. The Hall–Kier alpha value is -1.22. The Morgan fingerprint density at radius 2 is 2.21 bits per heavy atom. The van der Waals surface area contributed by atoms with E-state index in [1.54, 1.807) is 13.0 Å². The van der Waals surface area contributed by atoms with Crippen molar-refractivity contribution in [3.63, 3.8) is 0 Å². The van der Waals surface area contributed by atoms with Crippen molar-refractivity contribution in [3.05, 3.63) is 34.6 Å². The second-order valence-corrected chi connectivity index (χ2v) is 3.31. The minimum absolute atomic E-state index is 0.330. The summed E-state index contributed by atoms with van der Waals surface area (Å²) in [6.45, 7) is 2.27. The molecular formula is C11H14FNO. The Kier molecular flexibility index (Phi) is 3.77. The highest BCUT2D eigenvalue weighted by molar-refractivity contribution is 5.77. The average molecular weight is 195 g/mol. The number of halogens is 1. The zero-order valence-electron chi connectivity index (χ0n) is 8.22. The third-order valence-electron chi connectivity index (χ3n) is 2.20. The molecule has 0 aromatic heterocycles. The van der Waals surface area contributed by atoms with Crippen LogP contribution in [0.15, 0.2) is 12.1 Å². The Morgan fingerprint density at radius 1 is 1.50 bits per heavy atom. The van der Waals surface area contributed by atoms with Gasteiger partial charge in [-0.2, -0.15) is 0 Å². The van der Waals surface area contributed by atoms with Crippen LogP contribution in [0.3, 0.4) is 0 Å². The van der Waals surface area contributed by atoms with E-state index in [2.05, 4.69) is 0 Å². The number of hydrogen-bond donors (Lipinski definition) is 1. The summed E-state index contributed by atoms with van der Waals surface area (Å²) in [5.41, 5.74) is 7.26. The molecule has 0 radical (unpaired) electrons. The molecule has 2 N–H and O–H groups in total. The maximum absolute atomic E-state index is 13.1. The van der Waals surface area contributed by atoms with Crippen LogP contribution < -0.4 is 5.73 Å². The third kappa shape index (κ3) is 2.39. The van der Waals surface area contributed by atoms with Crippen LogP contribution in [0.1, 0.15) is 27.9 Å². The molecule has 76 valence electrons. The van der Waals surface area contributed by atoms with E-state index < -0.39 is 0 Å². The van der Waals surface area contributed by atoms with Gasteiger partial charge in [0, 0.05) is 5.56 Å². The van der Waals surface area contributed by atoms with Crippen molar-refractivity contribution in [3.8, 4) is 0 Å².